The predicted molar refractivity (Wildman–Crippen MR) is 84.8 cm³/mol. The molecule has 0 bridgehead atoms. The summed E-state index contributed by atoms with van der Waals surface area (Å²) in [4.78, 5) is 8.33. The lowest BCUT2D eigenvalue weighted by molar-refractivity contribution is 0.317. The number of anilines is 3. The number of halogens is 1. The summed E-state index contributed by atoms with van der Waals surface area (Å²) in [5, 5.41) is 6.23. The van der Waals surface area contributed by atoms with Crippen LogP contribution in [0.4, 0.5) is 17.3 Å². The summed E-state index contributed by atoms with van der Waals surface area (Å²) in [7, 11) is 1.82. The summed E-state index contributed by atoms with van der Waals surface area (Å²) in [5.74, 6) is 2.33. The van der Waals surface area contributed by atoms with Gasteiger partial charge in [-0.15, -0.1) is 0 Å². The van der Waals surface area contributed by atoms with Crippen LogP contribution < -0.4 is 15.4 Å². The fraction of sp³-hybridized carbons (Fsp3) is 0.286. The quantitative estimate of drug-likeness (QED) is 0.839. The van der Waals surface area contributed by atoms with Crippen LogP contribution in [0.25, 0.3) is 0 Å². The summed E-state index contributed by atoms with van der Waals surface area (Å²) in [6, 6.07) is 7.79. The zero-order valence-corrected chi connectivity index (χ0v) is 13.1. The highest BCUT2D eigenvalue weighted by Gasteiger charge is 2.07. The molecule has 6 heteroatoms. The summed E-state index contributed by atoms with van der Waals surface area (Å²) >= 11 is 3.47. The molecule has 5 nitrogen and oxygen atoms in total. The first kappa shape index (κ1) is 14.6. The number of hydrogen-bond acceptors (Lipinski definition) is 5. The topological polar surface area (TPSA) is 59.1 Å². The molecule has 1 aromatic heterocycles. The van der Waals surface area contributed by atoms with Gasteiger partial charge in [0.25, 0.3) is 0 Å². The van der Waals surface area contributed by atoms with Crippen LogP contribution in [-0.4, -0.2) is 23.6 Å². The number of aromatic nitrogens is 2. The molecule has 0 radical (unpaired) electrons. The third-order valence-corrected chi connectivity index (χ3v) is 3.37. The normalized spacial score (nSPS) is 10.2. The van der Waals surface area contributed by atoms with Gasteiger partial charge < -0.3 is 15.4 Å². The molecule has 2 N–H and O–H groups in total. The number of nitrogens with one attached hydrogen (secondary N) is 2. The van der Waals surface area contributed by atoms with E-state index in [0.717, 1.165) is 34.8 Å². The Bertz CT molecular complexity index is 560. The molecule has 106 valence electrons. The average Bonchev–Trinajstić information content (AvgIpc) is 2.48. The number of ether oxygens (including phenoxy) is 1. The maximum Gasteiger partial charge on any atom is 0.150 e. The third-order valence-electron chi connectivity index (χ3n) is 2.62. The van der Waals surface area contributed by atoms with Gasteiger partial charge in [0.2, 0.25) is 0 Å². The van der Waals surface area contributed by atoms with E-state index in [-0.39, 0.29) is 0 Å². The summed E-state index contributed by atoms with van der Waals surface area (Å²) in [6.45, 7) is 2.82. The molecule has 0 atom stereocenters. The second-order valence-electron chi connectivity index (χ2n) is 4.13. The molecule has 20 heavy (non-hydrogen) atoms. The molecule has 0 aliphatic rings. The van der Waals surface area contributed by atoms with Crippen LogP contribution in [0, 0.1) is 0 Å². The Labute approximate surface area is 126 Å². The molecule has 0 fully saturated rings. The number of rotatable bonds is 6. The molecule has 0 unspecified atom stereocenters. The first-order chi connectivity index (χ1) is 9.74. The van der Waals surface area contributed by atoms with Crippen LogP contribution in [0.3, 0.4) is 0 Å². The fourth-order valence-corrected chi connectivity index (χ4v) is 2.12. The summed E-state index contributed by atoms with van der Waals surface area (Å²) in [6.07, 6.45) is 2.51. The van der Waals surface area contributed by atoms with Gasteiger partial charge in [-0.05, 0) is 46.6 Å². The van der Waals surface area contributed by atoms with E-state index < -0.39 is 0 Å². The van der Waals surface area contributed by atoms with E-state index in [4.69, 9.17) is 4.74 Å². The second-order valence-corrected chi connectivity index (χ2v) is 4.93. The number of benzene rings is 1. The van der Waals surface area contributed by atoms with Gasteiger partial charge in [0.05, 0.1) is 6.61 Å². The first-order valence-corrected chi connectivity index (χ1v) is 7.22. The van der Waals surface area contributed by atoms with E-state index in [1.54, 1.807) is 0 Å². The van der Waals surface area contributed by atoms with Gasteiger partial charge >= 0.3 is 0 Å². The highest BCUT2D eigenvalue weighted by atomic mass is 79.9. The fourth-order valence-electron chi connectivity index (χ4n) is 1.62. The van der Waals surface area contributed by atoms with Crippen molar-refractivity contribution in [2.45, 2.75) is 13.3 Å². The maximum atomic E-state index is 5.55. The molecule has 2 aromatic rings. The third kappa shape index (κ3) is 3.60. The lowest BCUT2D eigenvalue weighted by Gasteiger charge is -2.10. The van der Waals surface area contributed by atoms with Crippen LogP contribution >= 0.6 is 15.9 Å². The van der Waals surface area contributed by atoms with E-state index in [1.165, 1.54) is 6.33 Å². The smallest absolute Gasteiger partial charge is 0.150 e. The first-order valence-electron chi connectivity index (χ1n) is 6.42. The zero-order valence-electron chi connectivity index (χ0n) is 11.5. The Hall–Kier alpha value is -1.82. The van der Waals surface area contributed by atoms with Gasteiger partial charge in [-0.2, -0.15) is 0 Å². The van der Waals surface area contributed by atoms with Crippen molar-refractivity contribution in [2.75, 3.05) is 24.3 Å². The van der Waals surface area contributed by atoms with Gasteiger partial charge in [-0.3, -0.25) is 0 Å². The van der Waals surface area contributed by atoms with Crippen molar-refractivity contribution >= 4 is 33.3 Å². The molecule has 0 saturated heterocycles. The summed E-state index contributed by atoms with van der Waals surface area (Å²) in [5.41, 5.74) is 0.940. The van der Waals surface area contributed by atoms with Crippen LogP contribution in [0.1, 0.15) is 13.3 Å². The largest absolute Gasteiger partial charge is 0.494 e. The Kier molecular flexibility index (Phi) is 5.17. The highest BCUT2D eigenvalue weighted by molar-refractivity contribution is 9.10. The van der Waals surface area contributed by atoms with Crippen LogP contribution in [0.5, 0.6) is 5.75 Å². The Morgan fingerprint density at radius 1 is 1.15 bits per heavy atom. The van der Waals surface area contributed by atoms with Gasteiger partial charge in [0.1, 0.15) is 28.2 Å². The zero-order chi connectivity index (χ0) is 14.4. The van der Waals surface area contributed by atoms with Crippen LogP contribution in [-0.2, 0) is 0 Å². The van der Waals surface area contributed by atoms with Crippen molar-refractivity contribution in [2.24, 2.45) is 0 Å². The Morgan fingerprint density at radius 3 is 2.50 bits per heavy atom. The van der Waals surface area contributed by atoms with Crippen LogP contribution in [0.15, 0.2) is 35.1 Å². The van der Waals surface area contributed by atoms with Gasteiger partial charge in [-0.25, -0.2) is 9.97 Å². The van der Waals surface area contributed by atoms with Crippen molar-refractivity contribution in [3.8, 4) is 5.75 Å². The molecule has 1 heterocycles. The highest BCUT2D eigenvalue weighted by Crippen LogP contribution is 2.29. The lowest BCUT2D eigenvalue weighted by Crippen LogP contribution is -2.00. The molecular weight excluding hydrogens is 320 g/mol. The number of hydrogen-bond donors (Lipinski definition) is 2. The van der Waals surface area contributed by atoms with Crippen molar-refractivity contribution in [1.29, 1.82) is 0 Å². The Balaban J connectivity index is 2.10. The minimum Gasteiger partial charge on any atom is -0.494 e. The van der Waals surface area contributed by atoms with E-state index in [9.17, 15) is 0 Å². The van der Waals surface area contributed by atoms with Crippen molar-refractivity contribution < 1.29 is 4.74 Å². The van der Waals surface area contributed by atoms with Crippen molar-refractivity contribution in [3.05, 3.63) is 35.1 Å². The minimum absolute atomic E-state index is 0.714. The minimum atomic E-state index is 0.714. The average molecular weight is 337 g/mol. The van der Waals surface area contributed by atoms with Gasteiger partial charge in [0, 0.05) is 12.7 Å². The van der Waals surface area contributed by atoms with Crippen molar-refractivity contribution in [3.63, 3.8) is 0 Å². The molecule has 1 aromatic carbocycles. The monoisotopic (exact) mass is 336 g/mol. The Morgan fingerprint density at radius 2 is 1.85 bits per heavy atom. The SMILES string of the molecule is CCCOc1ccc(Nc2ncnc(NC)c2Br)cc1. The molecule has 0 aliphatic carbocycles. The molecule has 0 saturated carbocycles. The second kappa shape index (κ2) is 7.09. The lowest BCUT2D eigenvalue weighted by atomic mass is 10.3. The molecule has 0 aliphatic heterocycles. The summed E-state index contributed by atoms with van der Waals surface area (Å²) < 4.78 is 6.35. The molecule has 0 spiro atoms. The van der Waals surface area contributed by atoms with Gasteiger partial charge in [0.15, 0.2) is 0 Å². The van der Waals surface area contributed by atoms with E-state index in [1.807, 2.05) is 31.3 Å². The van der Waals surface area contributed by atoms with E-state index in [0.29, 0.717) is 5.82 Å². The molecule has 0 amide bonds. The van der Waals surface area contributed by atoms with E-state index >= 15 is 0 Å². The van der Waals surface area contributed by atoms with Gasteiger partial charge in [-0.1, -0.05) is 6.92 Å². The van der Waals surface area contributed by atoms with E-state index in [2.05, 4.69) is 43.5 Å². The van der Waals surface area contributed by atoms with Crippen LogP contribution in [0.2, 0.25) is 0 Å². The van der Waals surface area contributed by atoms with Crippen molar-refractivity contribution in [1.82, 2.24) is 9.97 Å². The number of nitrogens with zero attached hydrogens (tertiary/aromatic N) is 2. The maximum absolute atomic E-state index is 5.55. The molecule has 2 rings (SSSR count). The standard InChI is InChI=1S/C14H17BrN4O/c1-3-8-20-11-6-4-10(5-7-11)19-14-12(15)13(16-2)17-9-18-14/h4-7,9H,3,8H2,1-2H3,(H2,16,17,18,19). The predicted octanol–water partition coefficient (Wildman–Crippen LogP) is 3.81. The molecular formula is C14H17BrN4O.